The number of aliphatic hydroxyl groups excluding tert-OH is 1. The number of aldehydes is 1. The molecule has 174 valence electrons. The summed E-state index contributed by atoms with van der Waals surface area (Å²) in [5.74, 6) is 0. The summed E-state index contributed by atoms with van der Waals surface area (Å²) in [5, 5.41) is 28.0. The first-order valence-corrected chi connectivity index (χ1v) is 9.97. The largest absolute Gasteiger partial charge is 0.444 e. The van der Waals surface area contributed by atoms with Gasteiger partial charge in [-0.05, 0) is 41.5 Å². The quantitative estimate of drug-likeness (QED) is 0.558. The van der Waals surface area contributed by atoms with E-state index in [-0.39, 0.29) is 39.2 Å². The summed E-state index contributed by atoms with van der Waals surface area (Å²) in [6.45, 7) is 11.5. The van der Waals surface area contributed by atoms with E-state index in [2.05, 4.69) is 0 Å². The Morgan fingerprint density at radius 2 is 1.23 bits per heavy atom. The van der Waals surface area contributed by atoms with Crippen molar-refractivity contribution in [1.29, 1.82) is 0 Å². The van der Waals surface area contributed by atoms with Crippen molar-refractivity contribution < 1.29 is 39.2 Å². The number of β-amino-alcohol motifs (C(OH)–C–C–N with tert-alkyl or cyclic N) is 2. The Kier molecular flexibility index (Phi) is 8.26. The molecule has 10 heteroatoms. The summed E-state index contributed by atoms with van der Waals surface area (Å²) in [4.78, 5) is 35.9. The zero-order valence-corrected chi connectivity index (χ0v) is 18.8. The predicted molar refractivity (Wildman–Crippen MR) is 108 cm³/mol. The molecule has 0 aromatic carbocycles. The standard InChI is InChI=1S/C10H19NO4.C10H17NO4/c2*1-9(2,3)15-8(13)11-6-10(14,7-11)4-5-12/h12,14H,4-7H2,1-3H3;5,14H,4,6-7H2,1-3H3. The van der Waals surface area contributed by atoms with E-state index in [1.165, 1.54) is 9.80 Å². The minimum Gasteiger partial charge on any atom is -0.444 e. The lowest BCUT2D eigenvalue weighted by Gasteiger charge is -2.46. The predicted octanol–water partition coefficient (Wildman–Crippen LogP) is 0.908. The van der Waals surface area contributed by atoms with Crippen molar-refractivity contribution in [3.8, 4) is 0 Å². The molecule has 10 nitrogen and oxygen atoms in total. The monoisotopic (exact) mass is 432 g/mol. The molecule has 0 bridgehead atoms. The van der Waals surface area contributed by atoms with E-state index in [1.807, 2.05) is 0 Å². The Labute approximate surface area is 177 Å². The third-order valence-electron chi connectivity index (χ3n) is 4.28. The number of hydrogen-bond donors (Lipinski definition) is 3. The summed E-state index contributed by atoms with van der Waals surface area (Å²) in [5.41, 5.74) is -3.01. The van der Waals surface area contributed by atoms with Crippen LogP contribution in [-0.4, -0.2) is 98.8 Å². The highest BCUT2D eigenvalue weighted by Crippen LogP contribution is 2.26. The van der Waals surface area contributed by atoms with Gasteiger partial charge in [-0.1, -0.05) is 0 Å². The zero-order valence-electron chi connectivity index (χ0n) is 18.8. The molecule has 0 atom stereocenters. The first-order chi connectivity index (χ1) is 13.5. The van der Waals surface area contributed by atoms with E-state index < -0.39 is 34.6 Å². The highest BCUT2D eigenvalue weighted by molar-refractivity contribution is 5.70. The summed E-state index contributed by atoms with van der Waals surface area (Å²) in [7, 11) is 0. The van der Waals surface area contributed by atoms with Gasteiger partial charge in [0.1, 0.15) is 28.7 Å². The fourth-order valence-electron chi connectivity index (χ4n) is 2.89. The third-order valence-corrected chi connectivity index (χ3v) is 4.28. The van der Waals surface area contributed by atoms with Crippen molar-refractivity contribution in [2.75, 3.05) is 32.8 Å². The van der Waals surface area contributed by atoms with Gasteiger partial charge in [0.15, 0.2) is 0 Å². The fraction of sp³-hybridized carbons (Fsp3) is 0.850. The normalized spacial score (nSPS) is 19.5. The number of nitrogens with zero attached hydrogens (tertiary/aromatic N) is 2. The van der Waals surface area contributed by atoms with Crippen molar-refractivity contribution in [3.63, 3.8) is 0 Å². The third kappa shape index (κ3) is 8.45. The smallest absolute Gasteiger partial charge is 0.410 e. The highest BCUT2D eigenvalue weighted by atomic mass is 16.6. The molecule has 0 radical (unpaired) electrons. The molecule has 2 amide bonds. The SMILES string of the molecule is CC(C)(C)OC(=O)N1CC(O)(CC=O)C1.CC(C)(C)OC(=O)N1CC(O)(CCO)C1. The molecule has 0 aromatic rings. The molecule has 2 saturated heterocycles. The first kappa shape index (κ1) is 26.1. The van der Waals surface area contributed by atoms with Crippen molar-refractivity contribution in [2.45, 2.75) is 76.8 Å². The molecule has 0 aromatic heterocycles. The van der Waals surface area contributed by atoms with Gasteiger partial charge >= 0.3 is 12.2 Å². The van der Waals surface area contributed by atoms with Gasteiger partial charge in [-0.25, -0.2) is 9.59 Å². The second-order valence-electron chi connectivity index (χ2n) is 9.97. The molecule has 2 rings (SSSR count). The Bertz CT molecular complexity index is 611. The Morgan fingerprint density at radius 1 is 0.867 bits per heavy atom. The van der Waals surface area contributed by atoms with Crippen LogP contribution in [0.25, 0.3) is 0 Å². The second kappa shape index (κ2) is 9.49. The van der Waals surface area contributed by atoms with Gasteiger partial charge in [0.05, 0.1) is 26.2 Å². The number of likely N-dealkylation sites (tertiary alicyclic amines) is 2. The molecular weight excluding hydrogens is 396 g/mol. The molecule has 0 spiro atoms. The summed E-state index contributed by atoms with van der Waals surface area (Å²) in [6, 6.07) is 0. The highest BCUT2D eigenvalue weighted by Gasteiger charge is 2.45. The molecule has 0 saturated carbocycles. The van der Waals surface area contributed by atoms with Gasteiger partial charge < -0.3 is 39.4 Å². The van der Waals surface area contributed by atoms with Gasteiger partial charge in [0, 0.05) is 19.4 Å². The van der Waals surface area contributed by atoms with Crippen LogP contribution < -0.4 is 0 Å². The van der Waals surface area contributed by atoms with Gasteiger partial charge in [0.25, 0.3) is 0 Å². The number of rotatable bonds is 4. The molecule has 0 aliphatic carbocycles. The molecular formula is C20H36N2O8. The maximum Gasteiger partial charge on any atom is 0.410 e. The van der Waals surface area contributed by atoms with Gasteiger partial charge in [0.2, 0.25) is 0 Å². The van der Waals surface area contributed by atoms with Crippen LogP contribution in [0, 0.1) is 0 Å². The molecule has 0 unspecified atom stereocenters. The van der Waals surface area contributed by atoms with E-state index in [9.17, 15) is 24.6 Å². The summed E-state index contributed by atoms with van der Waals surface area (Å²) in [6.07, 6.45) is 0.161. The molecule has 2 fully saturated rings. The lowest BCUT2D eigenvalue weighted by molar-refractivity contribution is -0.126. The molecule has 3 N–H and O–H groups in total. The fourth-order valence-corrected chi connectivity index (χ4v) is 2.89. The average molecular weight is 433 g/mol. The van der Waals surface area contributed by atoms with E-state index in [0.717, 1.165) is 0 Å². The van der Waals surface area contributed by atoms with Crippen molar-refractivity contribution in [2.24, 2.45) is 0 Å². The van der Waals surface area contributed by atoms with Crippen LogP contribution in [0.4, 0.5) is 9.59 Å². The minimum absolute atomic E-state index is 0.0618. The average Bonchev–Trinajstić information content (AvgIpc) is 2.47. The number of carbonyl (C=O) groups excluding carboxylic acids is 3. The summed E-state index contributed by atoms with van der Waals surface area (Å²) >= 11 is 0. The van der Waals surface area contributed by atoms with E-state index in [0.29, 0.717) is 12.7 Å². The Balaban J connectivity index is 0.000000300. The molecule has 2 aliphatic heterocycles. The topological polar surface area (TPSA) is 137 Å². The van der Waals surface area contributed by atoms with E-state index in [1.54, 1.807) is 41.5 Å². The number of hydrogen-bond acceptors (Lipinski definition) is 8. The van der Waals surface area contributed by atoms with Crippen LogP contribution >= 0.6 is 0 Å². The minimum atomic E-state index is -1.04. The van der Waals surface area contributed by atoms with E-state index >= 15 is 0 Å². The van der Waals surface area contributed by atoms with Gasteiger partial charge in [-0.15, -0.1) is 0 Å². The number of carbonyl (C=O) groups is 3. The van der Waals surface area contributed by atoms with Crippen LogP contribution in [0.5, 0.6) is 0 Å². The summed E-state index contributed by atoms with van der Waals surface area (Å²) < 4.78 is 10.2. The van der Waals surface area contributed by atoms with Crippen molar-refractivity contribution in [1.82, 2.24) is 9.80 Å². The first-order valence-electron chi connectivity index (χ1n) is 9.97. The Morgan fingerprint density at radius 3 is 1.53 bits per heavy atom. The van der Waals surface area contributed by atoms with Gasteiger partial charge in [-0.3, -0.25) is 0 Å². The number of amides is 2. The van der Waals surface area contributed by atoms with Crippen LogP contribution in [0.3, 0.4) is 0 Å². The van der Waals surface area contributed by atoms with Gasteiger partial charge in [-0.2, -0.15) is 0 Å². The van der Waals surface area contributed by atoms with Crippen LogP contribution in [0.2, 0.25) is 0 Å². The maximum absolute atomic E-state index is 11.5. The van der Waals surface area contributed by atoms with Crippen molar-refractivity contribution in [3.05, 3.63) is 0 Å². The van der Waals surface area contributed by atoms with Crippen LogP contribution in [0.1, 0.15) is 54.4 Å². The Hall–Kier alpha value is -1.91. The van der Waals surface area contributed by atoms with E-state index in [4.69, 9.17) is 14.6 Å². The second-order valence-corrected chi connectivity index (χ2v) is 9.97. The lowest BCUT2D eigenvalue weighted by atomic mass is 9.91. The molecule has 2 heterocycles. The molecule has 2 aliphatic rings. The van der Waals surface area contributed by atoms with Crippen LogP contribution in [-0.2, 0) is 14.3 Å². The molecule has 30 heavy (non-hydrogen) atoms. The zero-order chi connectivity index (χ0) is 23.4. The van der Waals surface area contributed by atoms with Crippen molar-refractivity contribution >= 4 is 18.5 Å². The number of ether oxygens (including phenoxy) is 2. The maximum atomic E-state index is 11.5. The van der Waals surface area contributed by atoms with Crippen LogP contribution in [0.15, 0.2) is 0 Å². The lowest BCUT2D eigenvalue weighted by Crippen LogP contribution is -2.64. The number of aliphatic hydroxyl groups is 3.